The number of unbranched alkanes of at least 4 members (excludes halogenated alkanes) is 4. The van der Waals surface area contributed by atoms with E-state index in [1.807, 2.05) is 0 Å². The number of alkyl halides is 3. The van der Waals surface area contributed by atoms with Crippen molar-refractivity contribution in [3.63, 3.8) is 0 Å². The molecule has 31 heavy (non-hydrogen) atoms. The molecule has 0 fully saturated rings. The van der Waals surface area contributed by atoms with Crippen molar-refractivity contribution < 1.29 is 21.6 Å². The number of rotatable bonds is 14. The number of aromatic nitrogens is 1. The minimum Gasteiger partial charge on any atom is -0.569 e. The van der Waals surface area contributed by atoms with Gasteiger partial charge in [-0.25, -0.2) is 8.42 Å². The molecule has 0 spiro atoms. The third-order valence-corrected chi connectivity index (χ3v) is 11.2. The van der Waals surface area contributed by atoms with Crippen LogP contribution in [0.15, 0.2) is 24.5 Å². The van der Waals surface area contributed by atoms with Crippen molar-refractivity contribution in [3.8, 4) is 0 Å². The Kier molecular flexibility index (Phi) is 15.4. The Labute approximate surface area is 188 Å². The van der Waals surface area contributed by atoms with E-state index in [1.54, 1.807) is 24.6 Å². The molecule has 0 aliphatic rings. The van der Waals surface area contributed by atoms with E-state index in [4.69, 9.17) is 0 Å². The second kappa shape index (κ2) is 15.8. The second-order valence-electron chi connectivity index (χ2n) is 7.87. The molecule has 1 rings (SSSR count). The summed E-state index contributed by atoms with van der Waals surface area (Å²) >= 11 is 0. The van der Waals surface area contributed by atoms with Gasteiger partial charge in [-0.05, 0) is 25.7 Å². The zero-order valence-corrected chi connectivity index (χ0v) is 21.2. The van der Waals surface area contributed by atoms with Crippen LogP contribution in [-0.2, 0) is 10.0 Å². The van der Waals surface area contributed by atoms with Crippen molar-refractivity contribution >= 4 is 23.0 Å². The molecule has 0 saturated carbocycles. The number of halogens is 3. The number of nitrogens with zero attached hydrogens (tertiary/aromatic N) is 2. The Morgan fingerprint density at radius 2 is 1.16 bits per heavy atom. The first kappa shape index (κ1) is 30.1. The fourth-order valence-corrected chi connectivity index (χ4v) is 9.03. The molecule has 0 aromatic carbocycles. The summed E-state index contributed by atoms with van der Waals surface area (Å²) in [7, 11) is -6.02. The first-order chi connectivity index (χ1) is 14.6. The molecule has 0 unspecified atom stereocenters. The lowest BCUT2D eigenvalue weighted by Crippen LogP contribution is -2.20. The van der Waals surface area contributed by atoms with Gasteiger partial charge >= 0.3 is 5.51 Å². The summed E-state index contributed by atoms with van der Waals surface area (Å²) in [6, 6.07) is 2.12. The average molecular weight is 485 g/mol. The van der Waals surface area contributed by atoms with Crippen LogP contribution < -0.4 is 0 Å². The Morgan fingerprint density at radius 1 is 0.806 bits per heavy atom. The molecule has 0 atom stereocenters. The predicted octanol–water partition coefficient (Wildman–Crippen LogP) is 8.14. The van der Waals surface area contributed by atoms with Gasteiger partial charge < -0.3 is 4.72 Å². The zero-order valence-electron chi connectivity index (χ0n) is 19.5. The first-order valence-corrected chi connectivity index (χ1v) is 15.3. The lowest BCUT2D eigenvalue weighted by Gasteiger charge is -2.28. The second-order valence-corrected chi connectivity index (χ2v) is 13.9. The summed E-state index contributed by atoms with van der Waals surface area (Å²) in [4.78, 5) is 3.50. The van der Waals surface area contributed by atoms with Crippen LogP contribution >= 0.6 is 7.26 Å². The number of pyridine rings is 1. The van der Waals surface area contributed by atoms with Crippen molar-refractivity contribution in [2.75, 3.05) is 24.6 Å². The normalized spacial score (nSPS) is 12.2. The zero-order chi connectivity index (χ0) is 23.8. The van der Waals surface area contributed by atoms with E-state index < -0.39 is 22.8 Å². The van der Waals surface area contributed by atoms with E-state index >= 15 is 0 Å². The van der Waals surface area contributed by atoms with E-state index in [-0.39, 0.29) is 5.69 Å². The van der Waals surface area contributed by atoms with Crippen LogP contribution in [0.5, 0.6) is 0 Å². The highest BCUT2D eigenvalue weighted by Crippen LogP contribution is 2.61. The van der Waals surface area contributed by atoms with Gasteiger partial charge in [-0.2, -0.15) is 13.2 Å². The Morgan fingerprint density at radius 3 is 1.45 bits per heavy atom. The number of sulfonamides is 1. The predicted molar refractivity (Wildman–Crippen MR) is 128 cm³/mol. The Balaban J connectivity index is 0.000000590. The van der Waals surface area contributed by atoms with Crippen LogP contribution in [0.2, 0.25) is 0 Å². The Bertz CT molecular complexity index is 634. The summed E-state index contributed by atoms with van der Waals surface area (Å²) in [5.74, 6) is 0. The summed E-state index contributed by atoms with van der Waals surface area (Å²) in [5, 5.41) is 0. The minimum atomic E-state index is -5.45. The van der Waals surface area contributed by atoms with E-state index in [9.17, 15) is 21.6 Å². The first-order valence-electron chi connectivity index (χ1n) is 11.4. The van der Waals surface area contributed by atoms with E-state index in [2.05, 4.69) is 37.4 Å². The third-order valence-electron chi connectivity index (χ3n) is 5.12. The lowest BCUT2D eigenvalue weighted by molar-refractivity contribution is -0.0425. The molecule has 0 amide bonds. The van der Waals surface area contributed by atoms with Crippen LogP contribution in [0.1, 0.15) is 79.1 Å². The molecule has 0 aliphatic heterocycles. The van der Waals surface area contributed by atoms with Crippen LogP contribution in [0, 0.1) is 0 Å². The highest BCUT2D eigenvalue weighted by Gasteiger charge is 2.39. The monoisotopic (exact) mass is 484 g/mol. The van der Waals surface area contributed by atoms with Gasteiger partial charge in [0, 0.05) is 19.7 Å². The van der Waals surface area contributed by atoms with Gasteiger partial charge in [0.1, 0.15) is 0 Å². The minimum absolute atomic E-state index is 0.308. The number of hydrogen-bond donors (Lipinski definition) is 0. The topological polar surface area (TPSA) is 61.1 Å². The molecule has 0 radical (unpaired) electrons. The van der Waals surface area contributed by atoms with Gasteiger partial charge in [-0.1, -0.05) is 65.5 Å². The highest BCUT2D eigenvalue weighted by molar-refractivity contribution is 7.95. The molecule has 1 aromatic heterocycles. The SMILES string of the molecule is CCCC[P+](CCCC)(CCCC)CCCC.O=S(=O)([N-]c1ccncc1)C(F)(F)F. The molecule has 0 aliphatic carbocycles. The van der Waals surface area contributed by atoms with Crippen molar-refractivity contribution in [2.24, 2.45) is 0 Å². The summed E-state index contributed by atoms with van der Waals surface area (Å²) in [6.07, 6.45) is 20.2. The van der Waals surface area contributed by atoms with E-state index in [1.165, 1.54) is 51.4 Å². The maximum atomic E-state index is 11.8. The average Bonchev–Trinajstić information content (AvgIpc) is 2.73. The van der Waals surface area contributed by atoms with Gasteiger partial charge in [0.2, 0.25) is 0 Å². The largest absolute Gasteiger partial charge is 0.569 e. The molecular formula is C22H40F3N2O2PS. The molecule has 0 N–H and O–H groups in total. The van der Waals surface area contributed by atoms with Gasteiger partial charge in [0.25, 0.3) is 0 Å². The van der Waals surface area contributed by atoms with Gasteiger partial charge in [0.05, 0.1) is 24.6 Å². The summed E-state index contributed by atoms with van der Waals surface area (Å²) in [6.45, 7) is 9.42. The Hall–Kier alpha value is -0.880. The molecule has 182 valence electrons. The summed E-state index contributed by atoms with van der Waals surface area (Å²) in [5.41, 5.74) is -5.67. The third kappa shape index (κ3) is 12.7. The van der Waals surface area contributed by atoms with E-state index in [0.717, 1.165) is 24.5 Å². The highest BCUT2D eigenvalue weighted by atomic mass is 32.2. The van der Waals surface area contributed by atoms with Crippen LogP contribution in [0.4, 0.5) is 18.9 Å². The fourth-order valence-electron chi connectivity index (χ4n) is 3.24. The van der Waals surface area contributed by atoms with Gasteiger partial charge in [-0.3, -0.25) is 4.98 Å². The standard InChI is InChI=1S/C16H36P.C6H4F3N2O2S/c1-5-9-13-17(14-10-6-2,15-11-7-3)16-12-8-4;7-6(8,9)14(12,13)11-5-1-3-10-4-2-5/h5-16H2,1-4H3;1-4H/q+1;-1. The van der Waals surface area contributed by atoms with Crippen LogP contribution in [-0.4, -0.2) is 43.6 Å². The molecule has 9 heteroatoms. The van der Waals surface area contributed by atoms with Crippen molar-refractivity contribution in [3.05, 3.63) is 29.2 Å². The van der Waals surface area contributed by atoms with Gasteiger partial charge in [-0.15, -0.1) is 5.69 Å². The summed E-state index contributed by atoms with van der Waals surface area (Å²) < 4.78 is 59.1. The lowest BCUT2D eigenvalue weighted by atomic mass is 10.4. The maximum absolute atomic E-state index is 11.8. The van der Waals surface area contributed by atoms with Crippen LogP contribution in [0.25, 0.3) is 4.72 Å². The quantitative estimate of drug-likeness (QED) is 0.250. The molecule has 0 bridgehead atoms. The van der Waals surface area contributed by atoms with Crippen molar-refractivity contribution in [1.82, 2.24) is 4.98 Å². The molecular weight excluding hydrogens is 444 g/mol. The molecule has 1 aromatic rings. The van der Waals surface area contributed by atoms with Crippen molar-refractivity contribution in [2.45, 2.75) is 84.6 Å². The van der Waals surface area contributed by atoms with E-state index in [0.29, 0.717) is 0 Å². The van der Waals surface area contributed by atoms with Crippen molar-refractivity contribution in [1.29, 1.82) is 0 Å². The molecule has 4 nitrogen and oxygen atoms in total. The molecule has 1 heterocycles. The smallest absolute Gasteiger partial charge is 0.483 e. The molecule has 0 saturated heterocycles. The van der Waals surface area contributed by atoms with Crippen LogP contribution in [0.3, 0.4) is 0 Å². The van der Waals surface area contributed by atoms with Gasteiger partial charge in [0.15, 0.2) is 10.0 Å². The maximum Gasteiger partial charge on any atom is 0.483 e. The fraction of sp³-hybridized carbons (Fsp3) is 0.773. The number of hydrogen-bond acceptors (Lipinski definition) is 3.